The van der Waals surface area contributed by atoms with Gasteiger partial charge < -0.3 is 17.2 Å². The number of hydrogen-bond donors (Lipinski definition) is 3. The van der Waals surface area contributed by atoms with Crippen LogP contribution in [0.3, 0.4) is 0 Å². The Bertz CT molecular complexity index is 186. The highest BCUT2D eigenvalue weighted by molar-refractivity contribution is 5.09. The van der Waals surface area contributed by atoms with E-state index in [1.54, 1.807) is 0 Å². The lowest BCUT2D eigenvalue weighted by molar-refractivity contribution is 0.0151. The molecule has 3 heteroatoms. The highest BCUT2D eigenvalue weighted by Gasteiger charge is 2.52. The van der Waals surface area contributed by atoms with Gasteiger partial charge in [0, 0.05) is 11.0 Å². The average molecular weight is 215 g/mol. The summed E-state index contributed by atoms with van der Waals surface area (Å²) in [5.74, 6) is 0. The maximum Gasteiger partial charge on any atom is 0.0683 e. The first-order valence-corrected chi connectivity index (χ1v) is 6.11. The molecule has 0 fully saturated rings. The van der Waals surface area contributed by atoms with Crippen LogP contribution in [0, 0.1) is 5.41 Å². The van der Waals surface area contributed by atoms with Crippen molar-refractivity contribution in [1.29, 1.82) is 0 Å². The van der Waals surface area contributed by atoms with E-state index >= 15 is 0 Å². The van der Waals surface area contributed by atoms with E-state index in [4.69, 9.17) is 17.2 Å². The normalized spacial score (nSPS) is 14.4. The van der Waals surface area contributed by atoms with E-state index in [-0.39, 0.29) is 11.0 Å². The van der Waals surface area contributed by atoms with Gasteiger partial charge in [-0.05, 0) is 32.6 Å². The molecule has 0 unspecified atom stereocenters. The highest BCUT2D eigenvalue weighted by Crippen LogP contribution is 2.46. The van der Waals surface area contributed by atoms with Gasteiger partial charge in [-0.15, -0.1) is 0 Å². The summed E-state index contributed by atoms with van der Waals surface area (Å²) in [4.78, 5) is 0. The number of rotatable bonds is 6. The lowest BCUT2D eigenvalue weighted by Gasteiger charge is -2.54. The summed E-state index contributed by atoms with van der Waals surface area (Å²) >= 11 is 0. The van der Waals surface area contributed by atoms with Gasteiger partial charge >= 0.3 is 0 Å². The summed E-state index contributed by atoms with van der Waals surface area (Å²) in [5.41, 5.74) is 17.7. The second kappa shape index (κ2) is 4.81. The monoisotopic (exact) mass is 215 g/mol. The molecule has 0 rings (SSSR count). The second-order valence-electron chi connectivity index (χ2n) is 4.94. The Balaban J connectivity index is 5.45. The van der Waals surface area contributed by atoms with E-state index in [1.807, 2.05) is 6.92 Å². The van der Waals surface area contributed by atoms with Crippen molar-refractivity contribution < 1.29 is 0 Å². The Morgan fingerprint density at radius 2 is 1.07 bits per heavy atom. The van der Waals surface area contributed by atoms with E-state index in [0.29, 0.717) is 0 Å². The molecule has 92 valence electrons. The van der Waals surface area contributed by atoms with Crippen LogP contribution in [0.1, 0.15) is 60.3 Å². The van der Waals surface area contributed by atoms with Gasteiger partial charge in [0.25, 0.3) is 0 Å². The molecular weight excluding hydrogens is 186 g/mol. The maximum atomic E-state index is 6.52. The van der Waals surface area contributed by atoms with Crippen molar-refractivity contribution in [3.63, 3.8) is 0 Å². The predicted octanol–water partition coefficient (Wildman–Crippen LogP) is 1.94. The third-order valence-corrected chi connectivity index (χ3v) is 4.45. The standard InChI is InChI=1S/C12H29N3/c1-6-11(7-2,10(5,13)14)12(15,8-3)9-4/h6-9,13-15H2,1-5H3. The van der Waals surface area contributed by atoms with Gasteiger partial charge in [-0.3, -0.25) is 0 Å². The molecule has 0 spiro atoms. The fourth-order valence-corrected chi connectivity index (χ4v) is 3.18. The van der Waals surface area contributed by atoms with Crippen molar-refractivity contribution in [3.05, 3.63) is 0 Å². The van der Waals surface area contributed by atoms with Gasteiger partial charge in [0.05, 0.1) is 5.66 Å². The van der Waals surface area contributed by atoms with Gasteiger partial charge in [0.15, 0.2) is 0 Å². The first-order chi connectivity index (χ1) is 6.74. The third kappa shape index (κ3) is 2.19. The minimum atomic E-state index is -0.725. The molecule has 0 aromatic heterocycles. The highest BCUT2D eigenvalue weighted by atomic mass is 15.0. The molecule has 0 atom stereocenters. The zero-order valence-electron chi connectivity index (χ0n) is 11.1. The molecule has 6 N–H and O–H groups in total. The zero-order chi connectivity index (χ0) is 12.3. The molecule has 0 aliphatic heterocycles. The lowest BCUT2D eigenvalue weighted by Crippen LogP contribution is -2.71. The largest absolute Gasteiger partial charge is 0.325 e. The van der Waals surface area contributed by atoms with Crippen LogP contribution in [0.4, 0.5) is 0 Å². The smallest absolute Gasteiger partial charge is 0.0683 e. The van der Waals surface area contributed by atoms with Gasteiger partial charge in [-0.1, -0.05) is 27.7 Å². The van der Waals surface area contributed by atoms with E-state index in [9.17, 15) is 0 Å². The summed E-state index contributed by atoms with van der Waals surface area (Å²) in [6.07, 6.45) is 3.67. The third-order valence-electron chi connectivity index (χ3n) is 4.45. The summed E-state index contributed by atoms with van der Waals surface area (Å²) in [5, 5.41) is 0. The summed E-state index contributed by atoms with van der Waals surface area (Å²) in [6, 6.07) is 0. The van der Waals surface area contributed by atoms with Crippen LogP contribution < -0.4 is 17.2 Å². The molecule has 0 saturated carbocycles. The van der Waals surface area contributed by atoms with Crippen molar-refractivity contribution in [2.75, 3.05) is 0 Å². The van der Waals surface area contributed by atoms with E-state index in [0.717, 1.165) is 25.7 Å². The van der Waals surface area contributed by atoms with Gasteiger partial charge in [0.1, 0.15) is 0 Å². The van der Waals surface area contributed by atoms with Gasteiger partial charge in [-0.25, -0.2) is 0 Å². The Morgan fingerprint density at radius 1 is 0.733 bits per heavy atom. The van der Waals surface area contributed by atoms with Crippen molar-refractivity contribution in [2.24, 2.45) is 22.6 Å². The Hall–Kier alpha value is -0.120. The van der Waals surface area contributed by atoms with Crippen molar-refractivity contribution in [3.8, 4) is 0 Å². The summed E-state index contributed by atoms with van der Waals surface area (Å²) in [7, 11) is 0. The molecular formula is C12H29N3. The molecule has 0 saturated heterocycles. The number of nitrogens with two attached hydrogens (primary N) is 3. The van der Waals surface area contributed by atoms with Crippen LogP contribution in [0.25, 0.3) is 0 Å². The van der Waals surface area contributed by atoms with Crippen LogP contribution in [-0.4, -0.2) is 11.2 Å². The molecule has 0 bridgehead atoms. The van der Waals surface area contributed by atoms with Crippen LogP contribution in [0.5, 0.6) is 0 Å². The van der Waals surface area contributed by atoms with Crippen LogP contribution >= 0.6 is 0 Å². The fraction of sp³-hybridized carbons (Fsp3) is 1.00. The van der Waals surface area contributed by atoms with Crippen molar-refractivity contribution >= 4 is 0 Å². The number of hydrogen-bond acceptors (Lipinski definition) is 3. The van der Waals surface area contributed by atoms with Crippen molar-refractivity contribution in [1.82, 2.24) is 0 Å². The topological polar surface area (TPSA) is 78.1 Å². The van der Waals surface area contributed by atoms with Gasteiger partial charge in [0.2, 0.25) is 0 Å². The van der Waals surface area contributed by atoms with Crippen molar-refractivity contribution in [2.45, 2.75) is 71.5 Å². The van der Waals surface area contributed by atoms with Gasteiger partial charge in [-0.2, -0.15) is 0 Å². The molecule has 3 nitrogen and oxygen atoms in total. The summed E-state index contributed by atoms with van der Waals surface area (Å²) < 4.78 is 0. The van der Waals surface area contributed by atoms with Crippen LogP contribution in [0.15, 0.2) is 0 Å². The Labute approximate surface area is 94.8 Å². The Morgan fingerprint density at radius 3 is 1.13 bits per heavy atom. The van der Waals surface area contributed by atoms with Crippen LogP contribution in [0.2, 0.25) is 0 Å². The predicted molar refractivity (Wildman–Crippen MR) is 67.3 cm³/mol. The quantitative estimate of drug-likeness (QED) is 0.593. The molecule has 15 heavy (non-hydrogen) atoms. The van der Waals surface area contributed by atoms with E-state index in [2.05, 4.69) is 27.7 Å². The molecule has 0 radical (unpaired) electrons. The van der Waals surface area contributed by atoms with E-state index < -0.39 is 5.66 Å². The SMILES string of the molecule is CCC(N)(CC)C(CC)(CC)C(C)(N)N. The molecule has 0 amide bonds. The Kier molecular flexibility index (Phi) is 4.77. The maximum absolute atomic E-state index is 6.52. The first-order valence-electron chi connectivity index (χ1n) is 6.11. The van der Waals surface area contributed by atoms with Crippen LogP contribution in [-0.2, 0) is 0 Å². The lowest BCUT2D eigenvalue weighted by atomic mass is 9.58. The molecule has 0 aromatic carbocycles. The minimum Gasteiger partial charge on any atom is -0.325 e. The fourth-order valence-electron chi connectivity index (χ4n) is 3.18. The molecule has 0 aliphatic rings. The summed E-state index contributed by atoms with van der Waals surface area (Å²) in [6.45, 7) is 10.4. The first kappa shape index (κ1) is 14.9. The van der Waals surface area contributed by atoms with E-state index in [1.165, 1.54) is 0 Å². The average Bonchev–Trinajstić information content (AvgIpc) is 2.17. The molecule has 0 aliphatic carbocycles. The molecule has 0 aromatic rings. The molecule has 0 heterocycles. The second-order valence-corrected chi connectivity index (χ2v) is 4.94. The zero-order valence-corrected chi connectivity index (χ0v) is 11.1. The minimum absolute atomic E-state index is 0.191.